The number of hydrogen-bond donors (Lipinski definition) is 0. The number of benzene rings is 10. The Labute approximate surface area is 378 Å². The van der Waals surface area contributed by atoms with Gasteiger partial charge in [0.25, 0.3) is 0 Å². The van der Waals surface area contributed by atoms with E-state index in [2.05, 4.69) is 243 Å². The maximum Gasteiger partial charge on any atom is 0.0714 e. The fourth-order valence-electron chi connectivity index (χ4n) is 11.5. The lowest BCUT2D eigenvalue weighted by molar-refractivity contribution is 0.660. The molecule has 0 saturated carbocycles. The Balaban J connectivity index is 1.12. The molecule has 13 rings (SSSR count). The van der Waals surface area contributed by atoms with Crippen LogP contribution in [-0.2, 0) is 10.8 Å². The van der Waals surface area contributed by atoms with E-state index >= 15 is 0 Å². The van der Waals surface area contributed by atoms with E-state index in [1.54, 1.807) is 0 Å². The standard InChI is InChI=1S/C62H43NS/c1-61(2)53-28-16-14-25-47(53)48-32-30-44(39-56(48)61)63(57-37-34-45(40-18-6-3-7-19-40)46-24-12-13-26-49(46)57)43-31-35-54-52(38-43)59-55(36-33-51-50-27-15-17-29-58(50)64-60(51)59)62(54,41-20-8-4-9-21-41)42-22-10-5-11-23-42/h3-39H,1-2H3. The van der Waals surface area contributed by atoms with Crippen LogP contribution in [-0.4, -0.2) is 0 Å². The molecule has 0 aliphatic heterocycles. The summed E-state index contributed by atoms with van der Waals surface area (Å²) >= 11 is 1.92. The summed E-state index contributed by atoms with van der Waals surface area (Å²) in [6, 6.07) is 84.0. The number of thiophene rings is 1. The molecule has 64 heavy (non-hydrogen) atoms. The zero-order valence-electron chi connectivity index (χ0n) is 35.7. The normalized spacial score (nSPS) is 14.0. The summed E-state index contributed by atoms with van der Waals surface area (Å²) in [6.45, 7) is 4.76. The topological polar surface area (TPSA) is 3.24 Å². The summed E-state index contributed by atoms with van der Waals surface area (Å²) in [5, 5.41) is 5.07. The summed E-state index contributed by atoms with van der Waals surface area (Å²) in [7, 11) is 0. The quantitative estimate of drug-likeness (QED) is 0.161. The fourth-order valence-corrected chi connectivity index (χ4v) is 12.8. The largest absolute Gasteiger partial charge is 0.310 e. The van der Waals surface area contributed by atoms with E-state index in [1.165, 1.54) is 97.7 Å². The van der Waals surface area contributed by atoms with Crippen LogP contribution in [0.15, 0.2) is 224 Å². The first-order chi connectivity index (χ1) is 31.5. The molecule has 0 spiro atoms. The van der Waals surface area contributed by atoms with Crippen molar-refractivity contribution in [1.82, 2.24) is 0 Å². The lowest BCUT2D eigenvalue weighted by Gasteiger charge is -2.34. The van der Waals surface area contributed by atoms with Gasteiger partial charge < -0.3 is 4.90 Å². The second-order valence-corrected chi connectivity index (χ2v) is 19.0. The van der Waals surface area contributed by atoms with E-state index in [0.29, 0.717) is 0 Å². The third-order valence-corrected chi connectivity index (χ3v) is 15.6. The van der Waals surface area contributed by atoms with Gasteiger partial charge in [-0.15, -0.1) is 11.3 Å². The maximum absolute atomic E-state index is 2.53. The molecular formula is C62H43NS. The van der Waals surface area contributed by atoms with Crippen molar-refractivity contribution in [3.8, 4) is 33.4 Å². The molecule has 0 N–H and O–H groups in total. The van der Waals surface area contributed by atoms with E-state index < -0.39 is 5.41 Å². The van der Waals surface area contributed by atoms with Crippen LogP contribution < -0.4 is 4.90 Å². The molecule has 1 heterocycles. The van der Waals surface area contributed by atoms with Crippen LogP contribution in [0.4, 0.5) is 17.1 Å². The van der Waals surface area contributed by atoms with Crippen LogP contribution in [0, 0.1) is 0 Å². The molecule has 2 heteroatoms. The van der Waals surface area contributed by atoms with Crippen molar-refractivity contribution < 1.29 is 0 Å². The molecule has 2 aliphatic rings. The summed E-state index contributed by atoms with van der Waals surface area (Å²) in [5.41, 5.74) is 18.4. The van der Waals surface area contributed by atoms with Gasteiger partial charge in [0.2, 0.25) is 0 Å². The molecule has 1 aromatic heterocycles. The Morgan fingerprint density at radius 3 is 1.72 bits per heavy atom. The number of anilines is 3. The van der Waals surface area contributed by atoms with Crippen molar-refractivity contribution >= 4 is 59.3 Å². The van der Waals surface area contributed by atoms with Gasteiger partial charge in [-0.2, -0.15) is 0 Å². The Morgan fingerprint density at radius 1 is 0.375 bits per heavy atom. The summed E-state index contributed by atoms with van der Waals surface area (Å²) in [4.78, 5) is 2.53. The van der Waals surface area contributed by atoms with Gasteiger partial charge in [0.1, 0.15) is 0 Å². The van der Waals surface area contributed by atoms with Crippen LogP contribution >= 0.6 is 11.3 Å². The predicted octanol–water partition coefficient (Wildman–Crippen LogP) is 17.0. The Bertz CT molecular complexity index is 3600. The number of fused-ring (bicyclic) bond motifs is 11. The molecular weight excluding hydrogens is 791 g/mol. The molecule has 11 aromatic rings. The maximum atomic E-state index is 2.53. The Kier molecular flexibility index (Phi) is 8.11. The minimum absolute atomic E-state index is 0.151. The molecule has 10 aromatic carbocycles. The molecule has 0 amide bonds. The van der Waals surface area contributed by atoms with Gasteiger partial charge in [0, 0.05) is 47.9 Å². The molecule has 0 fully saturated rings. The van der Waals surface area contributed by atoms with Gasteiger partial charge in [0.15, 0.2) is 0 Å². The molecule has 0 atom stereocenters. The van der Waals surface area contributed by atoms with Crippen molar-refractivity contribution in [2.45, 2.75) is 24.7 Å². The molecule has 302 valence electrons. The molecule has 2 aliphatic carbocycles. The zero-order valence-corrected chi connectivity index (χ0v) is 36.5. The fraction of sp³-hybridized carbons (Fsp3) is 0.0645. The third kappa shape index (κ3) is 5.18. The second-order valence-electron chi connectivity index (χ2n) is 18.0. The highest BCUT2D eigenvalue weighted by Crippen LogP contribution is 2.60. The Hall–Kier alpha value is -7.52. The van der Waals surface area contributed by atoms with Crippen molar-refractivity contribution in [3.63, 3.8) is 0 Å². The smallest absolute Gasteiger partial charge is 0.0714 e. The average Bonchev–Trinajstić information content (AvgIpc) is 3.96. The van der Waals surface area contributed by atoms with Crippen molar-refractivity contribution in [2.75, 3.05) is 4.90 Å². The molecule has 0 radical (unpaired) electrons. The first-order valence-corrected chi connectivity index (χ1v) is 23.2. The highest BCUT2D eigenvalue weighted by Gasteiger charge is 2.47. The lowest BCUT2D eigenvalue weighted by atomic mass is 9.67. The van der Waals surface area contributed by atoms with E-state index in [4.69, 9.17) is 0 Å². The third-order valence-electron chi connectivity index (χ3n) is 14.4. The second kappa shape index (κ2) is 14.0. The van der Waals surface area contributed by atoms with Crippen LogP contribution in [0.1, 0.15) is 47.2 Å². The monoisotopic (exact) mass is 833 g/mol. The average molecular weight is 834 g/mol. The molecule has 0 bridgehead atoms. The van der Waals surface area contributed by atoms with E-state index in [0.717, 1.165) is 17.1 Å². The summed E-state index contributed by atoms with van der Waals surface area (Å²) in [6.07, 6.45) is 0. The summed E-state index contributed by atoms with van der Waals surface area (Å²) in [5.74, 6) is 0. The van der Waals surface area contributed by atoms with Crippen LogP contribution in [0.3, 0.4) is 0 Å². The van der Waals surface area contributed by atoms with Gasteiger partial charge in [-0.1, -0.05) is 202 Å². The van der Waals surface area contributed by atoms with Gasteiger partial charge in [-0.3, -0.25) is 0 Å². The number of hydrogen-bond acceptors (Lipinski definition) is 2. The number of rotatable bonds is 6. The molecule has 1 nitrogen and oxygen atoms in total. The predicted molar refractivity (Wildman–Crippen MR) is 272 cm³/mol. The highest BCUT2D eigenvalue weighted by molar-refractivity contribution is 7.26. The SMILES string of the molecule is CC1(C)c2ccccc2-c2ccc(N(c3ccc4c(c3)-c3c(ccc5c3sc3ccccc35)C4(c3ccccc3)c3ccccc3)c3ccc(-c4ccccc4)c4ccccc34)cc21. The van der Waals surface area contributed by atoms with E-state index in [-0.39, 0.29) is 5.41 Å². The van der Waals surface area contributed by atoms with Crippen molar-refractivity contribution in [1.29, 1.82) is 0 Å². The van der Waals surface area contributed by atoms with Gasteiger partial charge >= 0.3 is 0 Å². The molecule has 0 unspecified atom stereocenters. The minimum Gasteiger partial charge on any atom is -0.310 e. The number of nitrogens with zero attached hydrogens (tertiary/aromatic N) is 1. The first kappa shape index (κ1) is 37.1. The van der Waals surface area contributed by atoms with Crippen LogP contribution in [0.5, 0.6) is 0 Å². The molecule has 0 saturated heterocycles. The first-order valence-electron chi connectivity index (χ1n) is 22.3. The van der Waals surface area contributed by atoms with Crippen molar-refractivity contribution in [2.24, 2.45) is 0 Å². The van der Waals surface area contributed by atoms with E-state index in [1.807, 2.05) is 11.3 Å². The zero-order chi connectivity index (χ0) is 42.6. The van der Waals surface area contributed by atoms with Crippen LogP contribution in [0.25, 0.3) is 64.3 Å². The summed E-state index contributed by atoms with van der Waals surface area (Å²) < 4.78 is 2.65. The lowest BCUT2D eigenvalue weighted by Crippen LogP contribution is -2.28. The van der Waals surface area contributed by atoms with Gasteiger partial charge in [0.05, 0.1) is 11.1 Å². The van der Waals surface area contributed by atoms with Crippen LogP contribution in [0.2, 0.25) is 0 Å². The van der Waals surface area contributed by atoms with Crippen molar-refractivity contribution in [3.05, 3.63) is 258 Å². The van der Waals surface area contributed by atoms with E-state index in [9.17, 15) is 0 Å². The Morgan fingerprint density at radius 2 is 0.953 bits per heavy atom. The van der Waals surface area contributed by atoms with Gasteiger partial charge in [-0.25, -0.2) is 0 Å². The van der Waals surface area contributed by atoms with Gasteiger partial charge in [-0.05, 0) is 103 Å². The minimum atomic E-state index is -0.520. The highest BCUT2D eigenvalue weighted by atomic mass is 32.1.